The lowest BCUT2D eigenvalue weighted by atomic mass is 10.1. The van der Waals surface area contributed by atoms with Gasteiger partial charge in [-0.1, -0.05) is 30.3 Å². The lowest BCUT2D eigenvalue weighted by molar-refractivity contribution is -0.326. The first-order valence-electron chi connectivity index (χ1n) is 7.91. The van der Waals surface area contributed by atoms with Crippen molar-refractivity contribution in [2.75, 3.05) is 13.1 Å². The van der Waals surface area contributed by atoms with Gasteiger partial charge in [-0.2, -0.15) is 0 Å². The number of hydrogen-bond donors (Lipinski definition) is 0. The Balaban J connectivity index is 1.70. The van der Waals surface area contributed by atoms with Crippen LogP contribution in [0.25, 0.3) is 0 Å². The standard InChI is InChI=1S/C19H19N2O/c22-19-17-9-3-1-7-15(17)14-21(19)18-10-4-2-8-16(18)13-20-11-5-6-12-20/h1-4,7-10,14H,5-6,11-13H2/q+1. The molecule has 0 N–H and O–H groups in total. The van der Waals surface area contributed by atoms with Gasteiger partial charge in [-0.05, 0) is 38.1 Å². The number of rotatable bonds is 3. The number of nitrogens with zero attached hydrogens (tertiary/aromatic N) is 2. The molecule has 0 spiro atoms. The zero-order valence-electron chi connectivity index (χ0n) is 12.5. The van der Waals surface area contributed by atoms with Crippen LogP contribution in [0.2, 0.25) is 0 Å². The second-order valence-electron chi connectivity index (χ2n) is 6.00. The summed E-state index contributed by atoms with van der Waals surface area (Å²) in [6, 6.07) is 16.0. The zero-order chi connectivity index (χ0) is 14.9. The quantitative estimate of drug-likeness (QED) is 0.811. The van der Waals surface area contributed by atoms with E-state index in [0.29, 0.717) is 0 Å². The topological polar surface area (TPSA) is 23.3 Å². The Labute approximate surface area is 130 Å². The second kappa shape index (κ2) is 5.50. The van der Waals surface area contributed by atoms with Gasteiger partial charge in [-0.15, -0.1) is 4.58 Å². The molecule has 0 saturated carbocycles. The second-order valence-corrected chi connectivity index (χ2v) is 6.00. The van der Waals surface area contributed by atoms with Crippen molar-refractivity contribution in [1.82, 2.24) is 4.90 Å². The van der Waals surface area contributed by atoms with Crippen molar-refractivity contribution < 1.29 is 9.37 Å². The van der Waals surface area contributed by atoms with E-state index >= 15 is 0 Å². The summed E-state index contributed by atoms with van der Waals surface area (Å²) in [5, 5.41) is 0. The minimum Gasteiger partial charge on any atom is -0.299 e. The van der Waals surface area contributed by atoms with Crippen molar-refractivity contribution >= 4 is 17.8 Å². The molecule has 3 heteroatoms. The van der Waals surface area contributed by atoms with Gasteiger partial charge in [0.2, 0.25) is 5.69 Å². The number of hydrogen-bond acceptors (Lipinski definition) is 2. The van der Waals surface area contributed by atoms with Gasteiger partial charge in [0.05, 0.1) is 5.56 Å². The normalized spacial score (nSPS) is 17.6. The average molecular weight is 291 g/mol. The molecule has 2 aliphatic heterocycles. The van der Waals surface area contributed by atoms with Gasteiger partial charge in [-0.3, -0.25) is 4.90 Å². The lowest BCUT2D eigenvalue weighted by Gasteiger charge is -2.15. The minimum atomic E-state index is 0.0736. The van der Waals surface area contributed by atoms with Crippen LogP contribution in [0.5, 0.6) is 0 Å². The largest absolute Gasteiger partial charge is 0.426 e. The van der Waals surface area contributed by atoms with Crippen LogP contribution in [0.1, 0.15) is 34.3 Å². The van der Waals surface area contributed by atoms with Gasteiger partial charge in [0.25, 0.3) is 0 Å². The van der Waals surface area contributed by atoms with Crippen molar-refractivity contribution in [2.24, 2.45) is 0 Å². The molecule has 110 valence electrons. The predicted octanol–water partition coefficient (Wildman–Crippen LogP) is 3.20. The molecule has 2 aromatic carbocycles. The summed E-state index contributed by atoms with van der Waals surface area (Å²) in [5.41, 5.74) is 4.03. The maximum Gasteiger partial charge on any atom is 0.426 e. The van der Waals surface area contributed by atoms with Gasteiger partial charge in [-0.25, -0.2) is 4.79 Å². The highest BCUT2D eigenvalue weighted by molar-refractivity contribution is 6.05. The third-order valence-electron chi connectivity index (χ3n) is 4.52. The smallest absolute Gasteiger partial charge is 0.299 e. The monoisotopic (exact) mass is 291 g/mol. The van der Waals surface area contributed by atoms with E-state index in [9.17, 15) is 4.79 Å². The minimum absolute atomic E-state index is 0.0736. The fourth-order valence-electron chi connectivity index (χ4n) is 3.37. The van der Waals surface area contributed by atoms with E-state index in [1.165, 1.54) is 18.4 Å². The highest BCUT2D eigenvalue weighted by atomic mass is 16.2. The number of amides is 1. The molecule has 1 saturated heterocycles. The Morgan fingerprint density at radius 3 is 2.50 bits per heavy atom. The molecule has 2 aliphatic rings. The molecule has 0 aliphatic carbocycles. The fourth-order valence-corrected chi connectivity index (χ4v) is 3.37. The van der Waals surface area contributed by atoms with E-state index in [1.54, 1.807) is 4.58 Å². The van der Waals surface area contributed by atoms with Crippen LogP contribution in [-0.4, -0.2) is 34.7 Å². The lowest BCUT2D eigenvalue weighted by Crippen LogP contribution is -2.20. The molecule has 1 amide bonds. The van der Waals surface area contributed by atoms with Crippen LogP contribution < -0.4 is 0 Å². The first kappa shape index (κ1) is 13.4. The predicted molar refractivity (Wildman–Crippen MR) is 86.8 cm³/mol. The number of likely N-dealkylation sites (tertiary alicyclic amines) is 1. The van der Waals surface area contributed by atoms with Crippen molar-refractivity contribution in [3.8, 4) is 0 Å². The Kier molecular flexibility index (Phi) is 3.35. The molecule has 0 unspecified atom stereocenters. The van der Waals surface area contributed by atoms with Gasteiger partial charge in [0.1, 0.15) is 5.56 Å². The van der Waals surface area contributed by atoms with Gasteiger partial charge >= 0.3 is 5.91 Å². The average Bonchev–Trinajstić information content (AvgIpc) is 3.17. The first-order valence-corrected chi connectivity index (χ1v) is 7.91. The van der Waals surface area contributed by atoms with Crippen LogP contribution in [0.15, 0.2) is 48.5 Å². The number of carbonyl (C=O) groups is 1. The van der Waals surface area contributed by atoms with E-state index in [1.807, 2.05) is 42.6 Å². The summed E-state index contributed by atoms with van der Waals surface area (Å²) in [4.78, 5) is 15.1. The SMILES string of the molecule is O=C1c2ccccc2C=[N+]1c1ccccc1CN1CCCC1. The maximum atomic E-state index is 12.7. The van der Waals surface area contributed by atoms with E-state index in [0.717, 1.165) is 36.4 Å². The van der Waals surface area contributed by atoms with Crippen LogP contribution in [0.3, 0.4) is 0 Å². The number of fused-ring (bicyclic) bond motifs is 1. The number of benzene rings is 2. The Bertz CT molecular complexity index is 758. The van der Waals surface area contributed by atoms with Crippen LogP contribution in [-0.2, 0) is 6.54 Å². The highest BCUT2D eigenvalue weighted by Crippen LogP contribution is 2.26. The molecule has 0 atom stereocenters. The summed E-state index contributed by atoms with van der Waals surface area (Å²) in [6.45, 7) is 3.24. The molecule has 0 aromatic heterocycles. The Hall–Kier alpha value is -2.26. The van der Waals surface area contributed by atoms with Crippen molar-refractivity contribution in [1.29, 1.82) is 0 Å². The summed E-state index contributed by atoms with van der Waals surface area (Å²) < 4.78 is 1.80. The van der Waals surface area contributed by atoms with Gasteiger partial charge in [0, 0.05) is 18.2 Å². The molecular formula is C19H19N2O+. The molecule has 2 heterocycles. The molecule has 1 fully saturated rings. The first-order chi connectivity index (χ1) is 10.8. The number of para-hydroxylation sites is 1. The highest BCUT2D eigenvalue weighted by Gasteiger charge is 2.33. The molecule has 3 nitrogen and oxygen atoms in total. The van der Waals surface area contributed by atoms with E-state index in [2.05, 4.69) is 17.0 Å². The fraction of sp³-hybridized carbons (Fsp3) is 0.263. The van der Waals surface area contributed by atoms with Crippen molar-refractivity contribution in [3.05, 3.63) is 65.2 Å². The maximum absolute atomic E-state index is 12.7. The third kappa shape index (κ3) is 2.28. The summed E-state index contributed by atoms with van der Waals surface area (Å²) in [7, 11) is 0. The van der Waals surface area contributed by atoms with Gasteiger partial charge < -0.3 is 0 Å². The molecule has 0 bridgehead atoms. The molecule has 2 aromatic rings. The van der Waals surface area contributed by atoms with Crippen molar-refractivity contribution in [2.45, 2.75) is 19.4 Å². The van der Waals surface area contributed by atoms with E-state index in [-0.39, 0.29) is 5.91 Å². The Morgan fingerprint density at radius 2 is 1.68 bits per heavy atom. The van der Waals surface area contributed by atoms with Crippen LogP contribution in [0.4, 0.5) is 5.69 Å². The number of carbonyl (C=O) groups excluding carboxylic acids is 1. The van der Waals surface area contributed by atoms with Crippen LogP contribution in [0, 0.1) is 0 Å². The third-order valence-corrected chi connectivity index (χ3v) is 4.52. The molecular weight excluding hydrogens is 272 g/mol. The Morgan fingerprint density at radius 1 is 0.955 bits per heavy atom. The molecule has 22 heavy (non-hydrogen) atoms. The molecule has 0 radical (unpaired) electrons. The zero-order valence-corrected chi connectivity index (χ0v) is 12.5. The van der Waals surface area contributed by atoms with E-state index < -0.39 is 0 Å². The van der Waals surface area contributed by atoms with Crippen molar-refractivity contribution in [3.63, 3.8) is 0 Å². The summed E-state index contributed by atoms with van der Waals surface area (Å²) >= 11 is 0. The molecule has 4 rings (SSSR count). The summed E-state index contributed by atoms with van der Waals surface area (Å²) in [5.74, 6) is 0.0736. The summed E-state index contributed by atoms with van der Waals surface area (Å²) in [6.07, 6.45) is 4.52. The van der Waals surface area contributed by atoms with E-state index in [4.69, 9.17) is 0 Å². The van der Waals surface area contributed by atoms with Gasteiger partial charge in [0.15, 0.2) is 6.21 Å². The van der Waals surface area contributed by atoms with Crippen LogP contribution >= 0.6 is 0 Å².